The van der Waals surface area contributed by atoms with Crippen LogP contribution in [0.15, 0.2) is 35.5 Å². The van der Waals surface area contributed by atoms with Gasteiger partial charge in [-0.3, -0.25) is 4.79 Å². The molecule has 0 fully saturated rings. The van der Waals surface area contributed by atoms with Crippen LogP contribution in [0.4, 0.5) is 13.2 Å². The van der Waals surface area contributed by atoms with Gasteiger partial charge in [0.15, 0.2) is 5.16 Å². The number of hydrogen-bond acceptors (Lipinski definition) is 4. The van der Waals surface area contributed by atoms with Crippen molar-refractivity contribution in [3.05, 3.63) is 41.7 Å². The summed E-state index contributed by atoms with van der Waals surface area (Å²) in [6.45, 7) is -1.33. The van der Waals surface area contributed by atoms with Crippen LogP contribution in [0.1, 0.15) is 11.4 Å². The number of alkyl halides is 3. The van der Waals surface area contributed by atoms with Crippen LogP contribution < -0.4 is 5.32 Å². The Hall–Kier alpha value is -2.03. The molecular weight excluding hydrogens is 329 g/mol. The van der Waals surface area contributed by atoms with E-state index < -0.39 is 18.6 Å². The maximum absolute atomic E-state index is 12.0. The highest BCUT2D eigenvalue weighted by atomic mass is 32.2. The predicted octanol–water partition coefficient (Wildman–Crippen LogP) is 2.18. The quantitative estimate of drug-likeness (QED) is 0.816. The van der Waals surface area contributed by atoms with Gasteiger partial charge in [-0.2, -0.15) is 13.2 Å². The monoisotopic (exact) mass is 344 g/mol. The molecule has 124 valence electrons. The Morgan fingerprint density at radius 3 is 2.61 bits per heavy atom. The van der Waals surface area contributed by atoms with Crippen LogP contribution in [0, 0.1) is 0 Å². The van der Waals surface area contributed by atoms with E-state index in [2.05, 4.69) is 10.2 Å². The van der Waals surface area contributed by atoms with E-state index in [1.54, 1.807) is 11.6 Å². The van der Waals surface area contributed by atoms with Gasteiger partial charge in [0.2, 0.25) is 5.91 Å². The first-order valence-electron chi connectivity index (χ1n) is 6.73. The van der Waals surface area contributed by atoms with E-state index in [0.717, 1.165) is 23.1 Å². The Labute approximate surface area is 135 Å². The standard InChI is InChI=1S/C14H15F3N4OS/c1-21-11(7-10-5-3-2-4-6-10)19-20-13(21)23-8-12(22)18-9-14(15,16)17/h2-6H,7-9H2,1H3,(H,18,22). The van der Waals surface area contributed by atoms with Crippen molar-refractivity contribution in [2.45, 2.75) is 17.8 Å². The number of halogens is 3. The van der Waals surface area contributed by atoms with Crippen molar-refractivity contribution in [1.29, 1.82) is 0 Å². The molecular formula is C14H15F3N4OS. The van der Waals surface area contributed by atoms with Crippen LogP contribution in [0.25, 0.3) is 0 Å². The molecule has 0 saturated carbocycles. The SMILES string of the molecule is Cn1c(Cc2ccccc2)nnc1SCC(=O)NCC(F)(F)F. The maximum atomic E-state index is 12.0. The molecule has 0 bridgehead atoms. The Balaban J connectivity index is 1.88. The average Bonchev–Trinajstić information content (AvgIpc) is 2.84. The second-order valence-electron chi connectivity index (χ2n) is 4.80. The molecule has 0 aliphatic rings. The molecule has 0 aliphatic heterocycles. The molecule has 1 N–H and O–H groups in total. The number of benzene rings is 1. The van der Waals surface area contributed by atoms with Crippen molar-refractivity contribution in [3.8, 4) is 0 Å². The lowest BCUT2D eigenvalue weighted by molar-refractivity contribution is -0.136. The second kappa shape index (κ2) is 7.49. The third-order valence-electron chi connectivity index (χ3n) is 2.95. The molecule has 0 unspecified atom stereocenters. The van der Waals surface area contributed by atoms with Crippen LogP contribution in [0.3, 0.4) is 0 Å². The molecule has 0 atom stereocenters. The molecule has 0 saturated heterocycles. The van der Waals surface area contributed by atoms with Crippen LogP contribution in [0.5, 0.6) is 0 Å². The zero-order valence-electron chi connectivity index (χ0n) is 12.3. The minimum atomic E-state index is -4.41. The first-order chi connectivity index (χ1) is 10.8. The van der Waals surface area contributed by atoms with Crippen molar-refractivity contribution in [2.24, 2.45) is 7.05 Å². The molecule has 0 aliphatic carbocycles. The fourth-order valence-electron chi connectivity index (χ4n) is 1.78. The summed E-state index contributed by atoms with van der Waals surface area (Å²) in [6.07, 6.45) is -3.82. The van der Waals surface area contributed by atoms with Crippen molar-refractivity contribution < 1.29 is 18.0 Å². The van der Waals surface area contributed by atoms with E-state index in [9.17, 15) is 18.0 Å². The molecule has 2 rings (SSSR count). The number of carbonyl (C=O) groups is 1. The van der Waals surface area contributed by atoms with Crippen molar-refractivity contribution >= 4 is 17.7 Å². The first-order valence-corrected chi connectivity index (χ1v) is 7.72. The molecule has 0 spiro atoms. The molecule has 2 aromatic rings. The van der Waals surface area contributed by atoms with Gasteiger partial charge in [-0.1, -0.05) is 42.1 Å². The van der Waals surface area contributed by atoms with E-state index in [1.807, 2.05) is 35.6 Å². The number of nitrogens with one attached hydrogen (secondary N) is 1. The number of carbonyl (C=O) groups excluding carboxylic acids is 1. The van der Waals surface area contributed by atoms with Crippen molar-refractivity contribution in [1.82, 2.24) is 20.1 Å². The summed E-state index contributed by atoms with van der Waals surface area (Å²) < 4.78 is 37.7. The Bertz CT molecular complexity index is 658. The molecule has 9 heteroatoms. The highest BCUT2D eigenvalue weighted by Crippen LogP contribution is 2.17. The summed E-state index contributed by atoms with van der Waals surface area (Å²) in [6, 6.07) is 9.69. The normalized spacial score (nSPS) is 11.5. The molecule has 23 heavy (non-hydrogen) atoms. The fourth-order valence-corrected chi connectivity index (χ4v) is 2.54. The van der Waals surface area contributed by atoms with Crippen molar-refractivity contribution in [2.75, 3.05) is 12.3 Å². The van der Waals surface area contributed by atoms with Gasteiger partial charge in [-0.25, -0.2) is 0 Å². The summed E-state index contributed by atoms with van der Waals surface area (Å²) in [7, 11) is 1.76. The Kier molecular flexibility index (Phi) is 5.64. The molecule has 1 aromatic heterocycles. The van der Waals surface area contributed by atoms with Crippen molar-refractivity contribution in [3.63, 3.8) is 0 Å². The minimum absolute atomic E-state index is 0.145. The first kappa shape index (κ1) is 17.3. The molecule has 1 heterocycles. The van der Waals surface area contributed by atoms with E-state index in [-0.39, 0.29) is 5.75 Å². The molecule has 1 amide bonds. The zero-order chi connectivity index (χ0) is 16.9. The number of hydrogen-bond donors (Lipinski definition) is 1. The number of aromatic nitrogens is 3. The number of amides is 1. The van der Waals surface area contributed by atoms with Gasteiger partial charge < -0.3 is 9.88 Å². The van der Waals surface area contributed by atoms with Crippen LogP contribution in [0.2, 0.25) is 0 Å². The van der Waals surface area contributed by atoms with Gasteiger partial charge in [-0.15, -0.1) is 10.2 Å². The van der Waals surface area contributed by atoms with Crippen LogP contribution in [-0.2, 0) is 18.3 Å². The topological polar surface area (TPSA) is 59.8 Å². The van der Waals surface area contributed by atoms with E-state index in [1.165, 1.54) is 0 Å². The summed E-state index contributed by atoms with van der Waals surface area (Å²) in [4.78, 5) is 11.4. The molecule has 5 nitrogen and oxygen atoms in total. The summed E-state index contributed by atoms with van der Waals surface area (Å²) in [5, 5.41) is 10.3. The largest absolute Gasteiger partial charge is 0.405 e. The van der Waals surface area contributed by atoms with Gasteiger partial charge >= 0.3 is 6.18 Å². The predicted molar refractivity (Wildman–Crippen MR) is 80.0 cm³/mol. The Morgan fingerprint density at radius 1 is 1.26 bits per heavy atom. The second-order valence-corrected chi connectivity index (χ2v) is 5.74. The maximum Gasteiger partial charge on any atom is 0.405 e. The van der Waals surface area contributed by atoms with Crippen LogP contribution in [-0.4, -0.2) is 39.1 Å². The summed E-state index contributed by atoms with van der Waals surface area (Å²) in [5.74, 6) is -0.123. The lowest BCUT2D eigenvalue weighted by Gasteiger charge is -2.08. The smallest absolute Gasteiger partial charge is 0.346 e. The fraction of sp³-hybridized carbons (Fsp3) is 0.357. The molecule has 0 radical (unpaired) electrons. The lowest BCUT2D eigenvalue weighted by atomic mass is 10.1. The number of rotatable bonds is 6. The summed E-state index contributed by atoms with van der Waals surface area (Å²) in [5.41, 5.74) is 1.07. The number of nitrogens with zero attached hydrogens (tertiary/aromatic N) is 3. The minimum Gasteiger partial charge on any atom is -0.346 e. The Morgan fingerprint density at radius 2 is 1.96 bits per heavy atom. The van der Waals surface area contributed by atoms with E-state index >= 15 is 0 Å². The van der Waals surface area contributed by atoms with Gasteiger partial charge in [0, 0.05) is 13.5 Å². The van der Waals surface area contributed by atoms with Gasteiger partial charge in [0.25, 0.3) is 0 Å². The van der Waals surface area contributed by atoms with E-state index in [0.29, 0.717) is 11.6 Å². The molecule has 1 aromatic carbocycles. The average molecular weight is 344 g/mol. The van der Waals surface area contributed by atoms with Gasteiger partial charge in [0.1, 0.15) is 12.4 Å². The van der Waals surface area contributed by atoms with Crippen LogP contribution >= 0.6 is 11.8 Å². The number of thioether (sulfide) groups is 1. The van der Waals surface area contributed by atoms with E-state index in [4.69, 9.17) is 0 Å². The third kappa shape index (κ3) is 5.59. The van der Waals surface area contributed by atoms with Gasteiger partial charge in [0.05, 0.1) is 5.75 Å². The highest BCUT2D eigenvalue weighted by molar-refractivity contribution is 7.99. The highest BCUT2D eigenvalue weighted by Gasteiger charge is 2.27. The zero-order valence-corrected chi connectivity index (χ0v) is 13.1. The van der Waals surface area contributed by atoms with Gasteiger partial charge in [-0.05, 0) is 5.56 Å². The summed E-state index contributed by atoms with van der Waals surface area (Å²) >= 11 is 1.05. The lowest BCUT2D eigenvalue weighted by Crippen LogP contribution is -2.34. The third-order valence-corrected chi connectivity index (χ3v) is 3.97.